The lowest BCUT2D eigenvalue weighted by Crippen LogP contribution is -2.24. The van der Waals surface area contributed by atoms with Gasteiger partial charge in [-0.1, -0.05) is 30.0 Å². The van der Waals surface area contributed by atoms with Gasteiger partial charge in [0.2, 0.25) is 5.91 Å². The van der Waals surface area contributed by atoms with Crippen molar-refractivity contribution in [3.05, 3.63) is 70.3 Å². The highest BCUT2D eigenvalue weighted by Gasteiger charge is 2.17. The molecule has 3 rings (SSSR count). The number of hydrogen-bond donors (Lipinski definition) is 4. The second kappa shape index (κ2) is 9.76. The summed E-state index contributed by atoms with van der Waals surface area (Å²) in [4.78, 5) is 43.1. The standard InChI is InChI=1S/C20H18FN5O4S/c1-30-12-6-4-5-11(9-12)23-15(27)10-31-20-25-17(22)16(19(29)26-20)24-18(28)13-7-2-3-8-14(13)21/h2-9H,10H2,1H3,(H,23,27)(H,24,28)(H3,22,25,26,29). The van der Waals surface area contributed by atoms with Crippen LogP contribution >= 0.6 is 11.8 Å². The van der Waals surface area contributed by atoms with Crippen molar-refractivity contribution in [1.82, 2.24) is 9.97 Å². The van der Waals surface area contributed by atoms with E-state index in [2.05, 4.69) is 20.6 Å². The highest BCUT2D eigenvalue weighted by molar-refractivity contribution is 7.99. The number of anilines is 3. The first kappa shape index (κ1) is 21.8. The lowest BCUT2D eigenvalue weighted by atomic mass is 10.2. The van der Waals surface area contributed by atoms with Crippen LogP contribution in [-0.4, -0.2) is 34.6 Å². The molecule has 0 aliphatic heterocycles. The minimum absolute atomic E-state index is 0.0550. The minimum Gasteiger partial charge on any atom is -0.497 e. The third kappa shape index (κ3) is 5.60. The molecule has 0 aliphatic rings. The summed E-state index contributed by atoms with van der Waals surface area (Å²) in [7, 11) is 1.52. The molecule has 1 aromatic heterocycles. The molecule has 160 valence electrons. The third-order valence-corrected chi connectivity index (χ3v) is 4.85. The number of nitrogen functional groups attached to an aromatic ring is 1. The zero-order valence-corrected chi connectivity index (χ0v) is 17.1. The minimum atomic E-state index is -0.838. The number of nitrogens with two attached hydrogens (primary N) is 1. The number of aromatic amines is 1. The fourth-order valence-electron chi connectivity index (χ4n) is 2.52. The quantitative estimate of drug-likeness (QED) is 0.325. The third-order valence-electron chi connectivity index (χ3n) is 3.98. The van der Waals surface area contributed by atoms with Crippen molar-refractivity contribution in [3.8, 4) is 5.75 Å². The molecule has 0 saturated carbocycles. The van der Waals surface area contributed by atoms with Gasteiger partial charge in [0.05, 0.1) is 18.4 Å². The fraction of sp³-hybridized carbons (Fsp3) is 0.100. The summed E-state index contributed by atoms with van der Waals surface area (Å²) >= 11 is 0.950. The number of H-pyrrole nitrogens is 1. The Balaban J connectivity index is 1.64. The van der Waals surface area contributed by atoms with Crippen molar-refractivity contribution in [2.45, 2.75) is 5.16 Å². The zero-order chi connectivity index (χ0) is 22.4. The number of hydrogen-bond acceptors (Lipinski definition) is 7. The molecule has 0 aliphatic carbocycles. The van der Waals surface area contributed by atoms with E-state index >= 15 is 0 Å². The highest BCUT2D eigenvalue weighted by Crippen LogP contribution is 2.20. The number of methoxy groups -OCH3 is 1. The van der Waals surface area contributed by atoms with Gasteiger partial charge in [-0.3, -0.25) is 19.4 Å². The Morgan fingerprint density at radius 1 is 1.19 bits per heavy atom. The molecular formula is C20H18FN5O4S. The van der Waals surface area contributed by atoms with Crippen molar-refractivity contribution in [2.24, 2.45) is 0 Å². The fourth-order valence-corrected chi connectivity index (χ4v) is 3.18. The Morgan fingerprint density at radius 3 is 2.68 bits per heavy atom. The molecule has 0 fully saturated rings. The Hall–Kier alpha value is -3.86. The highest BCUT2D eigenvalue weighted by atomic mass is 32.2. The Morgan fingerprint density at radius 2 is 1.97 bits per heavy atom. The van der Waals surface area contributed by atoms with Gasteiger partial charge in [-0.05, 0) is 24.3 Å². The second-order valence-corrected chi connectivity index (χ2v) is 7.10. The summed E-state index contributed by atoms with van der Waals surface area (Å²) in [6.45, 7) is 0. The van der Waals surface area contributed by atoms with Crippen molar-refractivity contribution < 1.29 is 18.7 Å². The summed E-state index contributed by atoms with van der Waals surface area (Å²) in [6.07, 6.45) is 0. The van der Waals surface area contributed by atoms with Crippen LogP contribution in [0.25, 0.3) is 0 Å². The average molecular weight is 443 g/mol. The summed E-state index contributed by atoms with van der Waals surface area (Å²) in [6, 6.07) is 12.2. The number of halogens is 1. The maximum atomic E-state index is 13.7. The Kier molecular flexibility index (Phi) is 6.88. The SMILES string of the molecule is COc1cccc(NC(=O)CSc2nc(N)c(NC(=O)c3ccccc3F)c(=O)[nH]2)c1. The monoisotopic (exact) mass is 443 g/mol. The molecule has 31 heavy (non-hydrogen) atoms. The number of rotatable bonds is 7. The summed E-state index contributed by atoms with van der Waals surface area (Å²) in [5, 5.41) is 5.04. The van der Waals surface area contributed by atoms with E-state index in [9.17, 15) is 18.8 Å². The van der Waals surface area contributed by atoms with Crippen LogP contribution in [0, 0.1) is 5.82 Å². The van der Waals surface area contributed by atoms with Crippen LogP contribution in [0.3, 0.4) is 0 Å². The summed E-state index contributed by atoms with van der Waals surface area (Å²) < 4.78 is 18.8. The van der Waals surface area contributed by atoms with Gasteiger partial charge in [0.15, 0.2) is 11.0 Å². The molecule has 2 amide bonds. The van der Waals surface area contributed by atoms with Crippen LogP contribution in [0.5, 0.6) is 5.75 Å². The van der Waals surface area contributed by atoms with Gasteiger partial charge >= 0.3 is 0 Å². The molecule has 0 saturated heterocycles. The van der Waals surface area contributed by atoms with Gasteiger partial charge in [0.1, 0.15) is 17.3 Å². The van der Waals surface area contributed by atoms with E-state index in [1.54, 1.807) is 24.3 Å². The first-order valence-electron chi connectivity index (χ1n) is 8.89. The number of ether oxygens (including phenoxy) is 1. The van der Waals surface area contributed by atoms with Gasteiger partial charge in [-0.25, -0.2) is 9.37 Å². The van der Waals surface area contributed by atoms with Crippen LogP contribution in [0.15, 0.2) is 58.5 Å². The molecule has 0 unspecified atom stereocenters. The smallest absolute Gasteiger partial charge is 0.277 e. The van der Waals surface area contributed by atoms with Crippen molar-refractivity contribution >= 4 is 40.8 Å². The van der Waals surface area contributed by atoms with E-state index in [4.69, 9.17) is 10.5 Å². The number of nitrogens with zero attached hydrogens (tertiary/aromatic N) is 1. The molecular weight excluding hydrogens is 425 g/mol. The van der Waals surface area contributed by atoms with Crippen LogP contribution in [0.1, 0.15) is 10.4 Å². The molecule has 0 atom stereocenters. The average Bonchev–Trinajstić information content (AvgIpc) is 2.75. The molecule has 2 aromatic carbocycles. The summed E-state index contributed by atoms with van der Waals surface area (Å²) in [5.74, 6) is -1.63. The van der Waals surface area contributed by atoms with Gasteiger partial charge in [-0.2, -0.15) is 0 Å². The largest absolute Gasteiger partial charge is 0.497 e. The maximum Gasteiger partial charge on any atom is 0.277 e. The normalized spacial score (nSPS) is 10.4. The number of amides is 2. The molecule has 0 bridgehead atoms. The van der Waals surface area contributed by atoms with Crippen molar-refractivity contribution in [1.29, 1.82) is 0 Å². The van der Waals surface area contributed by atoms with E-state index in [1.807, 2.05) is 0 Å². The number of carbonyl (C=O) groups is 2. The topological polar surface area (TPSA) is 139 Å². The van der Waals surface area contributed by atoms with Gasteiger partial charge in [0, 0.05) is 11.8 Å². The van der Waals surface area contributed by atoms with E-state index in [0.29, 0.717) is 11.4 Å². The molecule has 0 spiro atoms. The number of thioether (sulfide) groups is 1. The van der Waals surface area contributed by atoms with Crippen LogP contribution in [-0.2, 0) is 4.79 Å². The lowest BCUT2D eigenvalue weighted by Gasteiger charge is -2.09. The second-order valence-electron chi connectivity index (χ2n) is 6.13. The first-order chi connectivity index (χ1) is 14.9. The molecule has 5 N–H and O–H groups in total. The van der Waals surface area contributed by atoms with Crippen LogP contribution < -0.4 is 26.7 Å². The van der Waals surface area contributed by atoms with Gasteiger partial charge in [0.25, 0.3) is 11.5 Å². The van der Waals surface area contributed by atoms with E-state index in [1.165, 1.54) is 25.3 Å². The van der Waals surface area contributed by atoms with E-state index in [-0.39, 0.29) is 33.9 Å². The molecule has 3 aromatic rings. The van der Waals surface area contributed by atoms with Gasteiger partial charge in [-0.15, -0.1) is 0 Å². The molecule has 11 heteroatoms. The molecule has 0 radical (unpaired) electrons. The summed E-state index contributed by atoms with van der Waals surface area (Å²) in [5.41, 5.74) is 5.06. The van der Waals surface area contributed by atoms with E-state index < -0.39 is 17.3 Å². The van der Waals surface area contributed by atoms with Crippen LogP contribution in [0.2, 0.25) is 0 Å². The van der Waals surface area contributed by atoms with Crippen molar-refractivity contribution in [3.63, 3.8) is 0 Å². The number of nitrogens with one attached hydrogen (secondary N) is 3. The lowest BCUT2D eigenvalue weighted by molar-refractivity contribution is -0.113. The molecule has 9 nitrogen and oxygen atoms in total. The maximum absolute atomic E-state index is 13.7. The van der Waals surface area contributed by atoms with Gasteiger partial charge < -0.3 is 21.1 Å². The predicted octanol–water partition coefficient (Wildman–Crippen LogP) is 2.48. The number of carbonyl (C=O) groups excluding carboxylic acids is 2. The zero-order valence-electron chi connectivity index (χ0n) is 16.3. The number of benzene rings is 2. The van der Waals surface area contributed by atoms with Crippen LogP contribution in [0.4, 0.5) is 21.6 Å². The Labute approximate surface area is 180 Å². The number of aromatic nitrogens is 2. The van der Waals surface area contributed by atoms with Crippen molar-refractivity contribution in [2.75, 3.05) is 29.2 Å². The van der Waals surface area contributed by atoms with E-state index in [0.717, 1.165) is 17.8 Å². The Bertz CT molecular complexity index is 1180. The first-order valence-corrected chi connectivity index (χ1v) is 9.88. The molecule has 1 heterocycles. The predicted molar refractivity (Wildman–Crippen MR) is 116 cm³/mol.